The Labute approximate surface area is 84.7 Å². The fourth-order valence-electron chi connectivity index (χ4n) is 0.938. The number of phosphoric acid groups is 1. The third kappa shape index (κ3) is 3.32. The van der Waals surface area contributed by atoms with Crippen molar-refractivity contribution in [1.29, 1.82) is 0 Å². The van der Waals surface area contributed by atoms with E-state index in [2.05, 4.69) is 9.05 Å². The molecule has 1 rings (SSSR count). The monoisotopic (exact) mass is 242 g/mol. The quantitative estimate of drug-likeness (QED) is 0.351. The van der Waals surface area contributed by atoms with E-state index in [4.69, 9.17) is 15.1 Å². The van der Waals surface area contributed by atoms with Gasteiger partial charge in [0.2, 0.25) is 0 Å². The summed E-state index contributed by atoms with van der Waals surface area (Å²) in [4.78, 5) is 19.9. The summed E-state index contributed by atoms with van der Waals surface area (Å²) in [5.41, 5.74) is 0. The van der Waals surface area contributed by atoms with Crippen molar-refractivity contribution in [3.8, 4) is 0 Å². The van der Waals surface area contributed by atoms with Crippen molar-refractivity contribution in [1.82, 2.24) is 0 Å². The van der Waals surface area contributed by atoms with Crippen LogP contribution in [0.3, 0.4) is 0 Å². The maximum atomic E-state index is 11.0. The second kappa shape index (κ2) is 4.67. The van der Waals surface area contributed by atoms with Gasteiger partial charge in [-0.05, 0) is 0 Å². The van der Waals surface area contributed by atoms with Crippen LogP contribution in [0, 0.1) is 0 Å². The number of carbonyl (C=O) groups excluding carboxylic acids is 1. The molecule has 1 fully saturated rings. The zero-order valence-corrected chi connectivity index (χ0v) is 8.41. The summed E-state index contributed by atoms with van der Waals surface area (Å²) in [7, 11) is -4.42. The maximum absolute atomic E-state index is 11.0. The van der Waals surface area contributed by atoms with Gasteiger partial charge in [-0.25, -0.2) is 4.57 Å². The van der Waals surface area contributed by atoms with Gasteiger partial charge in [-0.3, -0.25) is 13.8 Å². The van der Waals surface area contributed by atoms with Gasteiger partial charge in [0.25, 0.3) is 0 Å². The third-order valence-electron chi connectivity index (χ3n) is 1.83. The van der Waals surface area contributed by atoms with Gasteiger partial charge in [-0.1, -0.05) is 0 Å². The molecular formula is C6H11O8P. The summed E-state index contributed by atoms with van der Waals surface area (Å²) >= 11 is 0. The van der Waals surface area contributed by atoms with Crippen LogP contribution in [-0.2, 0) is 18.4 Å². The molecule has 0 aromatic rings. The Morgan fingerprint density at radius 2 is 1.87 bits per heavy atom. The molecule has 0 aromatic carbocycles. The molecule has 0 saturated carbocycles. The maximum Gasteiger partial charge on any atom is 0.472 e. The summed E-state index contributed by atoms with van der Waals surface area (Å²) < 4.78 is 19.4. The normalized spacial score (nSPS) is 44.3. The van der Waals surface area contributed by atoms with Crippen LogP contribution >= 0.6 is 7.82 Å². The number of Topliss-reactive ketones (excluding diaryl/α,β-unsaturated/α-hetero) is 1. The second-order valence-corrected chi connectivity index (χ2v) is 4.46. The average Bonchev–Trinajstić information content (AvgIpc) is 2.21. The fraction of sp³-hybridized carbons (Fsp3) is 0.833. The van der Waals surface area contributed by atoms with Crippen LogP contribution < -0.4 is 0 Å². The van der Waals surface area contributed by atoms with Crippen molar-refractivity contribution in [2.45, 2.75) is 18.3 Å². The topological polar surface area (TPSA) is 134 Å². The van der Waals surface area contributed by atoms with E-state index in [1.54, 1.807) is 0 Å². The minimum Gasteiger partial charge on any atom is -0.388 e. The lowest BCUT2D eigenvalue weighted by Crippen LogP contribution is -2.44. The average molecular weight is 242 g/mol. The van der Waals surface area contributed by atoms with E-state index in [0.717, 1.165) is 0 Å². The van der Waals surface area contributed by atoms with Crippen molar-refractivity contribution in [2.24, 2.45) is 0 Å². The zero-order valence-electron chi connectivity index (χ0n) is 7.52. The van der Waals surface area contributed by atoms with Crippen LogP contribution in [0.1, 0.15) is 0 Å². The van der Waals surface area contributed by atoms with Crippen LogP contribution in [0.5, 0.6) is 0 Å². The van der Waals surface area contributed by atoms with Crippen LogP contribution in [0.25, 0.3) is 0 Å². The molecule has 9 heteroatoms. The van der Waals surface area contributed by atoms with Gasteiger partial charge in [0, 0.05) is 0 Å². The van der Waals surface area contributed by atoms with E-state index in [9.17, 15) is 14.5 Å². The molecule has 0 aromatic heterocycles. The number of hydrogen-bond acceptors (Lipinski definition) is 7. The Bertz CT molecular complexity index is 291. The van der Waals surface area contributed by atoms with Crippen molar-refractivity contribution < 1.29 is 38.6 Å². The van der Waals surface area contributed by atoms with Gasteiger partial charge in [0.05, 0.1) is 6.61 Å². The molecular weight excluding hydrogens is 231 g/mol. The summed E-state index contributed by atoms with van der Waals surface area (Å²) in [6, 6.07) is 0. The van der Waals surface area contributed by atoms with Crippen LogP contribution in [0.15, 0.2) is 0 Å². The first-order valence-corrected chi connectivity index (χ1v) is 5.52. The molecule has 1 aliphatic heterocycles. The first-order chi connectivity index (χ1) is 6.83. The lowest BCUT2D eigenvalue weighted by Gasteiger charge is -2.19. The molecule has 1 unspecified atom stereocenters. The Morgan fingerprint density at radius 1 is 1.27 bits per heavy atom. The Kier molecular flexibility index (Phi) is 3.96. The summed E-state index contributed by atoms with van der Waals surface area (Å²) in [6.45, 7) is -1.60. The van der Waals surface area contributed by atoms with Gasteiger partial charge in [-0.2, -0.15) is 0 Å². The molecule has 1 heterocycles. The summed E-state index contributed by atoms with van der Waals surface area (Å²) in [6.07, 6.45) is -5.30. The molecule has 1 saturated heterocycles. The number of rotatable bonds is 0. The predicted molar refractivity (Wildman–Crippen MR) is 44.8 cm³/mol. The lowest BCUT2D eigenvalue weighted by atomic mass is 10.1. The van der Waals surface area contributed by atoms with Gasteiger partial charge >= 0.3 is 7.82 Å². The summed E-state index contributed by atoms with van der Waals surface area (Å²) in [5, 5.41) is 27.5. The fourth-order valence-corrected chi connectivity index (χ4v) is 1.64. The van der Waals surface area contributed by atoms with Gasteiger partial charge in [0.15, 0.2) is 5.78 Å². The third-order valence-corrected chi connectivity index (χ3v) is 2.76. The smallest absolute Gasteiger partial charge is 0.388 e. The highest BCUT2D eigenvalue weighted by molar-refractivity contribution is 7.47. The highest BCUT2D eigenvalue weighted by Crippen LogP contribution is 2.43. The molecule has 88 valence electrons. The predicted octanol–water partition coefficient (Wildman–Crippen LogP) is -2.21. The minimum atomic E-state index is -4.42. The first-order valence-electron chi connectivity index (χ1n) is 4.02. The van der Waals surface area contributed by atoms with E-state index >= 15 is 0 Å². The van der Waals surface area contributed by atoms with E-state index in [1.807, 2.05) is 0 Å². The van der Waals surface area contributed by atoms with E-state index in [-0.39, 0.29) is 0 Å². The number of carbonyl (C=O) groups is 1. The van der Waals surface area contributed by atoms with Gasteiger partial charge in [0.1, 0.15) is 24.9 Å². The number of aliphatic hydroxyl groups excluding tert-OH is 3. The first kappa shape index (κ1) is 12.7. The molecule has 4 N–H and O–H groups in total. The van der Waals surface area contributed by atoms with Gasteiger partial charge in [-0.15, -0.1) is 0 Å². The van der Waals surface area contributed by atoms with Crippen molar-refractivity contribution in [3.05, 3.63) is 0 Å². The second-order valence-electron chi connectivity index (χ2n) is 3.01. The lowest BCUT2D eigenvalue weighted by molar-refractivity contribution is -0.140. The molecule has 4 atom stereocenters. The molecule has 15 heavy (non-hydrogen) atoms. The van der Waals surface area contributed by atoms with Crippen LogP contribution in [-0.4, -0.2) is 57.5 Å². The van der Waals surface area contributed by atoms with Crippen LogP contribution in [0.2, 0.25) is 0 Å². The molecule has 0 spiro atoms. The van der Waals surface area contributed by atoms with Crippen molar-refractivity contribution in [3.63, 3.8) is 0 Å². The standard InChI is InChI=1S/C6H11O8P/c7-3-1-13-15(11,12)14-2-4(8)6(10)5(3)9/h3,5-7,9-10H,1-2H2,(H,11,12)/t3-,5-,6-/m1/s1. The molecule has 1 aliphatic rings. The zero-order chi connectivity index (χ0) is 11.6. The SMILES string of the molecule is O=C1COP(=O)(O)OC[C@@H](O)[C@@H](O)[C@@H]1O. The molecule has 0 radical (unpaired) electrons. The number of ketones is 1. The van der Waals surface area contributed by atoms with Crippen molar-refractivity contribution in [2.75, 3.05) is 13.2 Å². The number of phosphoric ester groups is 1. The summed E-state index contributed by atoms with van der Waals surface area (Å²) in [5.74, 6) is -1.01. The van der Waals surface area contributed by atoms with Crippen LogP contribution in [0.4, 0.5) is 0 Å². The molecule has 0 bridgehead atoms. The van der Waals surface area contributed by atoms with E-state index in [1.165, 1.54) is 0 Å². The molecule has 0 aliphatic carbocycles. The Hall–Kier alpha value is -0.340. The highest BCUT2D eigenvalue weighted by Gasteiger charge is 2.36. The number of aliphatic hydroxyl groups is 3. The molecule has 0 amide bonds. The van der Waals surface area contributed by atoms with E-state index in [0.29, 0.717) is 0 Å². The van der Waals surface area contributed by atoms with Crippen molar-refractivity contribution >= 4 is 13.6 Å². The minimum absolute atomic E-state index is 0.723. The molecule has 8 nitrogen and oxygen atoms in total. The van der Waals surface area contributed by atoms with Gasteiger partial charge < -0.3 is 20.2 Å². The number of hydrogen-bond donors (Lipinski definition) is 4. The Balaban J connectivity index is 2.82. The Morgan fingerprint density at radius 3 is 2.47 bits per heavy atom. The highest BCUT2D eigenvalue weighted by atomic mass is 31.2. The van der Waals surface area contributed by atoms with E-state index < -0.39 is 45.1 Å². The largest absolute Gasteiger partial charge is 0.472 e.